The summed E-state index contributed by atoms with van der Waals surface area (Å²) in [5, 5.41) is 7.96. The number of rotatable bonds is 7. The maximum atomic E-state index is 13.7. The van der Waals surface area contributed by atoms with E-state index in [0.717, 1.165) is 24.8 Å². The van der Waals surface area contributed by atoms with Gasteiger partial charge in [-0.15, -0.1) is 0 Å². The average molecular weight is 529 g/mol. The van der Waals surface area contributed by atoms with Gasteiger partial charge in [0.25, 0.3) is 5.91 Å². The third-order valence-corrected chi connectivity index (χ3v) is 5.93. The number of para-hydroxylation sites is 1. The smallest absolute Gasteiger partial charge is 0.421 e. The number of amides is 2. The highest BCUT2D eigenvalue weighted by atomic mass is 19.4. The van der Waals surface area contributed by atoms with Crippen molar-refractivity contribution in [1.29, 1.82) is 0 Å². The molecule has 0 aliphatic carbocycles. The van der Waals surface area contributed by atoms with Gasteiger partial charge in [0.15, 0.2) is 0 Å². The number of benzene rings is 2. The molecule has 2 amide bonds. The lowest BCUT2D eigenvalue weighted by Crippen LogP contribution is -2.35. The summed E-state index contributed by atoms with van der Waals surface area (Å²) in [4.78, 5) is 33.9. The first-order valence-electron chi connectivity index (χ1n) is 12.0. The molecule has 1 aliphatic rings. The number of halogens is 3. The minimum absolute atomic E-state index is 0.0813. The van der Waals surface area contributed by atoms with Gasteiger partial charge in [0.2, 0.25) is 5.95 Å². The number of anilines is 4. The Bertz CT molecular complexity index is 1280. The summed E-state index contributed by atoms with van der Waals surface area (Å²) in [5.41, 5.74) is 0.508. The monoisotopic (exact) mass is 528 g/mol. The predicted octanol–water partition coefficient (Wildman–Crippen LogP) is 5.46. The Labute approximate surface area is 217 Å². The minimum atomic E-state index is -4.73. The van der Waals surface area contributed by atoms with Gasteiger partial charge < -0.3 is 25.6 Å². The van der Waals surface area contributed by atoms with Gasteiger partial charge in [0, 0.05) is 32.0 Å². The lowest BCUT2D eigenvalue weighted by atomic mass is 10.1. The van der Waals surface area contributed by atoms with Crippen LogP contribution in [0.1, 0.15) is 40.7 Å². The molecule has 3 N–H and O–H groups in total. The van der Waals surface area contributed by atoms with Crippen LogP contribution in [0.15, 0.2) is 54.7 Å². The molecule has 0 unspecified atom stereocenters. The van der Waals surface area contributed by atoms with Crippen molar-refractivity contribution in [2.24, 2.45) is 0 Å². The van der Waals surface area contributed by atoms with Gasteiger partial charge >= 0.3 is 12.3 Å². The van der Waals surface area contributed by atoms with Crippen LogP contribution in [-0.2, 0) is 17.5 Å². The van der Waals surface area contributed by atoms with E-state index in [2.05, 4.69) is 25.9 Å². The zero-order valence-electron chi connectivity index (χ0n) is 20.6. The number of ether oxygens (including phenoxy) is 1. The molecule has 1 saturated heterocycles. The number of hydrogen-bond donors (Lipinski definition) is 3. The number of piperidine rings is 1. The second-order valence-electron chi connectivity index (χ2n) is 8.63. The number of hydrogen-bond acceptors (Lipinski definition) is 7. The van der Waals surface area contributed by atoms with Gasteiger partial charge in [-0.1, -0.05) is 24.3 Å². The normalized spacial score (nSPS) is 13.5. The number of alkyl halides is 3. The van der Waals surface area contributed by atoms with Gasteiger partial charge in [-0.05, 0) is 49.1 Å². The standard InChI is InChI=1S/C26H27F3N6O3/c1-30-23(36)19-7-3-4-8-21(19)33-22-20(26(27,28)29)15-31-24(34-22)32-18-11-9-17(10-12-18)16-38-25(37)35-13-5-2-6-14-35/h3-4,7-12,15H,2,5-6,13-14,16H2,1H3,(H,30,36)(H2,31,32,33,34). The summed E-state index contributed by atoms with van der Waals surface area (Å²) in [7, 11) is 1.43. The first kappa shape index (κ1) is 26.7. The van der Waals surface area contributed by atoms with E-state index in [9.17, 15) is 22.8 Å². The van der Waals surface area contributed by atoms with Crippen molar-refractivity contribution in [3.8, 4) is 0 Å². The highest BCUT2D eigenvalue weighted by Gasteiger charge is 2.35. The summed E-state index contributed by atoms with van der Waals surface area (Å²) in [6.45, 7) is 1.50. The predicted molar refractivity (Wildman–Crippen MR) is 135 cm³/mol. The van der Waals surface area contributed by atoms with E-state index in [1.54, 1.807) is 41.3 Å². The molecule has 0 radical (unpaired) electrons. The molecule has 1 fully saturated rings. The van der Waals surface area contributed by atoms with E-state index in [1.807, 2.05) is 0 Å². The number of nitrogens with one attached hydrogen (secondary N) is 3. The zero-order chi connectivity index (χ0) is 27.1. The molecule has 1 aliphatic heterocycles. The molecular weight excluding hydrogens is 501 g/mol. The van der Waals surface area contributed by atoms with Crippen LogP contribution in [0.2, 0.25) is 0 Å². The number of aromatic nitrogens is 2. The third-order valence-electron chi connectivity index (χ3n) is 5.93. The number of nitrogens with zero attached hydrogens (tertiary/aromatic N) is 3. The van der Waals surface area contributed by atoms with Gasteiger partial charge in [0.1, 0.15) is 18.0 Å². The molecule has 0 bridgehead atoms. The topological polar surface area (TPSA) is 108 Å². The summed E-state index contributed by atoms with van der Waals surface area (Å²) in [6, 6.07) is 13.0. The molecule has 1 aromatic heterocycles. The van der Waals surface area contributed by atoms with Crippen molar-refractivity contribution in [3.63, 3.8) is 0 Å². The van der Waals surface area contributed by atoms with E-state index >= 15 is 0 Å². The maximum absolute atomic E-state index is 13.7. The van der Waals surface area contributed by atoms with Gasteiger partial charge in [-0.3, -0.25) is 4.79 Å². The van der Waals surface area contributed by atoms with Crippen molar-refractivity contribution in [2.75, 3.05) is 30.8 Å². The quantitative estimate of drug-likeness (QED) is 0.373. The zero-order valence-corrected chi connectivity index (χ0v) is 20.6. The van der Waals surface area contributed by atoms with Gasteiger partial charge in [0.05, 0.1) is 11.3 Å². The van der Waals surface area contributed by atoms with Crippen LogP contribution in [0, 0.1) is 0 Å². The molecule has 0 atom stereocenters. The lowest BCUT2D eigenvalue weighted by Gasteiger charge is -2.25. The highest BCUT2D eigenvalue weighted by Crippen LogP contribution is 2.36. The largest absolute Gasteiger partial charge is 0.445 e. The average Bonchev–Trinajstić information content (AvgIpc) is 2.92. The Kier molecular flexibility index (Phi) is 8.29. The van der Waals surface area contributed by atoms with Gasteiger partial charge in [-0.25, -0.2) is 9.78 Å². The minimum Gasteiger partial charge on any atom is -0.445 e. The highest BCUT2D eigenvalue weighted by molar-refractivity contribution is 6.00. The molecule has 2 heterocycles. The van der Waals surface area contributed by atoms with Crippen LogP contribution in [0.3, 0.4) is 0 Å². The first-order valence-corrected chi connectivity index (χ1v) is 12.0. The van der Waals surface area contributed by atoms with Crippen LogP contribution < -0.4 is 16.0 Å². The Morgan fingerprint density at radius 1 is 1.00 bits per heavy atom. The van der Waals surface area contributed by atoms with Crippen molar-refractivity contribution >= 4 is 35.1 Å². The third kappa shape index (κ3) is 6.69. The van der Waals surface area contributed by atoms with Crippen LogP contribution >= 0.6 is 0 Å². The van der Waals surface area contributed by atoms with Crippen LogP contribution in [0.25, 0.3) is 0 Å². The van der Waals surface area contributed by atoms with Crippen molar-refractivity contribution in [3.05, 3.63) is 71.4 Å². The number of carbonyl (C=O) groups is 2. The summed E-state index contributed by atoms with van der Waals surface area (Å²) in [5.74, 6) is -1.05. The van der Waals surface area contributed by atoms with E-state index < -0.39 is 23.5 Å². The van der Waals surface area contributed by atoms with Crippen molar-refractivity contribution in [2.45, 2.75) is 32.0 Å². The summed E-state index contributed by atoms with van der Waals surface area (Å²) < 4.78 is 46.4. The van der Waals surface area contributed by atoms with Crippen LogP contribution in [0.4, 0.5) is 41.1 Å². The molecule has 3 aromatic rings. The fraction of sp³-hybridized carbons (Fsp3) is 0.308. The van der Waals surface area contributed by atoms with E-state index in [-0.39, 0.29) is 29.9 Å². The lowest BCUT2D eigenvalue weighted by molar-refractivity contribution is -0.137. The maximum Gasteiger partial charge on any atom is 0.421 e. The van der Waals surface area contributed by atoms with Gasteiger partial charge in [-0.2, -0.15) is 18.2 Å². The Hall–Kier alpha value is -4.35. The number of likely N-dealkylation sites (tertiary alicyclic amines) is 1. The fourth-order valence-corrected chi connectivity index (χ4v) is 3.92. The molecule has 38 heavy (non-hydrogen) atoms. The molecule has 9 nitrogen and oxygen atoms in total. The summed E-state index contributed by atoms with van der Waals surface area (Å²) in [6.07, 6.45) is -1.34. The molecule has 12 heteroatoms. The SMILES string of the molecule is CNC(=O)c1ccccc1Nc1nc(Nc2ccc(COC(=O)N3CCCCC3)cc2)ncc1C(F)(F)F. The second kappa shape index (κ2) is 11.8. The van der Waals surface area contributed by atoms with Crippen LogP contribution in [0.5, 0.6) is 0 Å². The van der Waals surface area contributed by atoms with Crippen LogP contribution in [-0.4, -0.2) is 47.0 Å². The first-order chi connectivity index (χ1) is 18.2. The Morgan fingerprint density at radius 2 is 1.71 bits per heavy atom. The molecule has 4 rings (SSSR count). The summed E-state index contributed by atoms with van der Waals surface area (Å²) >= 11 is 0. The van der Waals surface area contributed by atoms with E-state index in [1.165, 1.54) is 19.2 Å². The molecular formula is C26H27F3N6O3. The fourth-order valence-electron chi connectivity index (χ4n) is 3.92. The molecule has 200 valence electrons. The number of carbonyl (C=O) groups excluding carboxylic acids is 2. The second-order valence-corrected chi connectivity index (χ2v) is 8.63. The van der Waals surface area contributed by atoms with Crippen molar-refractivity contribution in [1.82, 2.24) is 20.2 Å². The Balaban J connectivity index is 1.47. The Morgan fingerprint density at radius 3 is 2.39 bits per heavy atom. The van der Waals surface area contributed by atoms with E-state index in [4.69, 9.17) is 4.74 Å². The molecule has 0 saturated carbocycles. The van der Waals surface area contributed by atoms with E-state index in [0.29, 0.717) is 25.0 Å². The van der Waals surface area contributed by atoms with Crippen molar-refractivity contribution < 1.29 is 27.5 Å². The molecule has 0 spiro atoms. The molecule has 2 aromatic carbocycles.